The normalized spacial score (nSPS) is 14.8. The molecule has 0 aliphatic heterocycles. The van der Waals surface area contributed by atoms with Gasteiger partial charge >= 0.3 is 12.3 Å². The molecule has 0 aromatic heterocycles. The predicted molar refractivity (Wildman–Crippen MR) is 81.1 cm³/mol. The SMILES string of the molecule is CC(C)(C)OC(=O)NCC(O)C(O)c1ccc(N)cc1C(F)(F)F. The predicted octanol–water partition coefficient (Wildman–Crippen LogP) is 2.21. The van der Waals surface area contributed by atoms with Crippen LogP contribution in [0.25, 0.3) is 0 Å². The minimum absolute atomic E-state index is 0.125. The quantitative estimate of drug-likeness (QED) is 0.623. The van der Waals surface area contributed by atoms with Crippen molar-refractivity contribution in [2.45, 2.75) is 44.8 Å². The van der Waals surface area contributed by atoms with Gasteiger partial charge in [-0.05, 0) is 38.5 Å². The highest BCUT2D eigenvalue weighted by molar-refractivity contribution is 5.67. The number of ether oxygens (including phenoxy) is 1. The molecule has 6 nitrogen and oxygen atoms in total. The largest absolute Gasteiger partial charge is 0.444 e. The van der Waals surface area contributed by atoms with Gasteiger partial charge in [-0.2, -0.15) is 13.2 Å². The first-order valence-electron chi connectivity index (χ1n) is 7.11. The van der Waals surface area contributed by atoms with Gasteiger partial charge in [-0.15, -0.1) is 0 Å². The van der Waals surface area contributed by atoms with Crippen molar-refractivity contribution in [3.8, 4) is 0 Å². The molecule has 1 amide bonds. The van der Waals surface area contributed by atoms with Gasteiger partial charge in [-0.1, -0.05) is 6.07 Å². The van der Waals surface area contributed by atoms with Crippen molar-refractivity contribution in [2.75, 3.05) is 12.3 Å². The molecule has 136 valence electrons. The topological polar surface area (TPSA) is 105 Å². The highest BCUT2D eigenvalue weighted by Crippen LogP contribution is 2.36. The third kappa shape index (κ3) is 5.89. The Morgan fingerprint density at radius 2 is 1.88 bits per heavy atom. The number of benzene rings is 1. The standard InChI is InChI=1S/C15H21F3N2O4/c1-14(2,3)24-13(23)20-7-11(21)12(22)9-5-4-8(19)6-10(9)15(16,17)18/h4-6,11-12,21-22H,7,19H2,1-3H3,(H,20,23). The number of hydrogen-bond acceptors (Lipinski definition) is 5. The van der Waals surface area contributed by atoms with Crippen LogP contribution in [-0.4, -0.2) is 34.6 Å². The van der Waals surface area contributed by atoms with Crippen molar-refractivity contribution in [2.24, 2.45) is 0 Å². The first-order chi connectivity index (χ1) is 10.8. The van der Waals surface area contributed by atoms with Gasteiger partial charge in [0.05, 0.1) is 5.56 Å². The molecule has 0 bridgehead atoms. The fourth-order valence-corrected chi connectivity index (χ4v) is 1.90. The van der Waals surface area contributed by atoms with Crippen LogP contribution in [0.3, 0.4) is 0 Å². The summed E-state index contributed by atoms with van der Waals surface area (Å²) in [6.07, 6.45) is -9.13. The maximum absolute atomic E-state index is 13.0. The second-order valence-corrected chi connectivity index (χ2v) is 6.24. The molecule has 9 heteroatoms. The number of alkyl carbamates (subject to hydrolysis) is 1. The zero-order valence-corrected chi connectivity index (χ0v) is 13.5. The number of aliphatic hydroxyl groups excluding tert-OH is 2. The number of anilines is 1. The molecule has 0 aliphatic rings. The Morgan fingerprint density at radius 1 is 1.29 bits per heavy atom. The van der Waals surface area contributed by atoms with Gasteiger partial charge in [0.2, 0.25) is 0 Å². The second kappa shape index (κ2) is 7.27. The Balaban J connectivity index is 2.83. The first-order valence-corrected chi connectivity index (χ1v) is 7.11. The van der Waals surface area contributed by atoms with Crippen molar-refractivity contribution in [1.29, 1.82) is 0 Å². The monoisotopic (exact) mass is 350 g/mol. The van der Waals surface area contributed by atoms with Gasteiger partial charge in [0.1, 0.15) is 17.8 Å². The van der Waals surface area contributed by atoms with Crippen molar-refractivity contribution in [1.82, 2.24) is 5.32 Å². The molecule has 0 fully saturated rings. The van der Waals surface area contributed by atoms with Crippen molar-refractivity contribution in [3.05, 3.63) is 29.3 Å². The van der Waals surface area contributed by atoms with Crippen LogP contribution in [0.2, 0.25) is 0 Å². The molecular formula is C15H21F3N2O4. The van der Waals surface area contributed by atoms with E-state index in [-0.39, 0.29) is 5.69 Å². The molecule has 1 rings (SSSR count). The van der Waals surface area contributed by atoms with Crippen molar-refractivity contribution < 1.29 is 32.9 Å². The van der Waals surface area contributed by atoms with Gasteiger partial charge in [-0.3, -0.25) is 0 Å². The van der Waals surface area contributed by atoms with Crippen LogP contribution in [0.15, 0.2) is 18.2 Å². The zero-order valence-electron chi connectivity index (χ0n) is 13.5. The highest BCUT2D eigenvalue weighted by Gasteiger charge is 2.36. The summed E-state index contributed by atoms with van der Waals surface area (Å²) in [4.78, 5) is 11.5. The molecule has 0 radical (unpaired) electrons. The van der Waals surface area contributed by atoms with Gasteiger partial charge in [0.15, 0.2) is 0 Å². The Bertz CT molecular complexity index is 585. The molecule has 0 spiro atoms. The fraction of sp³-hybridized carbons (Fsp3) is 0.533. The summed E-state index contributed by atoms with van der Waals surface area (Å²) in [6.45, 7) is 4.39. The number of halogens is 3. The lowest BCUT2D eigenvalue weighted by molar-refractivity contribution is -0.139. The van der Waals surface area contributed by atoms with Gasteiger partial charge in [-0.25, -0.2) is 4.79 Å². The summed E-state index contributed by atoms with van der Waals surface area (Å²) in [5.74, 6) is 0. The van der Waals surface area contributed by atoms with Crippen LogP contribution in [0.4, 0.5) is 23.7 Å². The van der Waals surface area contributed by atoms with Crippen LogP contribution in [0.1, 0.15) is 38.0 Å². The van der Waals surface area contributed by atoms with E-state index in [0.29, 0.717) is 6.07 Å². The number of rotatable bonds is 4. The van der Waals surface area contributed by atoms with Crippen LogP contribution < -0.4 is 11.1 Å². The van der Waals surface area contributed by atoms with E-state index in [4.69, 9.17) is 10.5 Å². The van der Waals surface area contributed by atoms with E-state index in [0.717, 1.165) is 6.07 Å². The lowest BCUT2D eigenvalue weighted by atomic mass is 9.97. The smallest absolute Gasteiger partial charge is 0.416 e. The molecule has 0 saturated heterocycles. The average molecular weight is 350 g/mol. The summed E-state index contributed by atoms with van der Waals surface area (Å²) in [5, 5.41) is 22.0. The maximum Gasteiger partial charge on any atom is 0.416 e. The first kappa shape index (κ1) is 20.0. The number of nitrogens with two attached hydrogens (primary N) is 1. The number of alkyl halides is 3. The molecule has 2 unspecified atom stereocenters. The summed E-state index contributed by atoms with van der Waals surface area (Å²) < 4.78 is 44.0. The Hall–Kier alpha value is -2.00. The van der Waals surface area contributed by atoms with E-state index in [1.165, 1.54) is 6.07 Å². The van der Waals surface area contributed by atoms with Gasteiger partial charge < -0.3 is 26.0 Å². The molecule has 0 heterocycles. The number of hydrogen-bond donors (Lipinski definition) is 4. The van der Waals surface area contributed by atoms with Crippen LogP contribution >= 0.6 is 0 Å². The molecular weight excluding hydrogens is 329 g/mol. The molecule has 2 atom stereocenters. The fourth-order valence-electron chi connectivity index (χ4n) is 1.90. The summed E-state index contributed by atoms with van der Waals surface area (Å²) >= 11 is 0. The summed E-state index contributed by atoms with van der Waals surface area (Å²) in [7, 11) is 0. The molecule has 24 heavy (non-hydrogen) atoms. The summed E-state index contributed by atoms with van der Waals surface area (Å²) in [5.41, 5.74) is 2.77. The third-order valence-electron chi connectivity index (χ3n) is 2.92. The second-order valence-electron chi connectivity index (χ2n) is 6.24. The Kier molecular flexibility index (Phi) is 6.07. The number of aliphatic hydroxyl groups is 2. The minimum Gasteiger partial charge on any atom is -0.444 e. The van der Waals surface area contributed by atoms with E-state index in [1.807, 2.05) is 0 Å². The van der Waals surface area contributed by atoms with Crippen molar-refractivity contribution in [3.63, 3.8) is 0 Å². The lowest BCUT2D eigenvalue weighted by Gasteiger charge is -2.24. The number of nitrogens with one attached hydrogen (secondary N) is 1. The molecule has 0 saturated carbocycles. The molecule has 5 N–H and O–H groups in total. The van der Waals surface area contributed by atoms with E-state index >= 15 is 0 Å². The lowest BCUT2D eigenvalue weighted by Crippen LogP contribution is -2.39. The third-order valence-corrected chi connectivity index (χ3v) is 2.92. The molecule has 0 aliphatic carbocycles. The van der Waals surface area contributed by atoms with Crippen LogP contribution in [0, 0.1) is 0 Å². The Labute approximate surface area is 137 Å². The average Bonchev–Trinajstić information content (AvgIpc) is 2.41. The van der Waals surface area contributed by atoms with Crippen LogP contribution in [-0.2, 0) is 10.9 Å². The number of nitrogen functional groups attached to an aromatic ring is 1. The van der Waals surface area contributed by atoms with E-state index < -0.39 is 47.8 Å². The van der Waals surface area contributed by atoms with E-state index in [9.17, 15) is 28.2 Å². The van der Waals surface area contributed by atoms with Crippen LogP contribution in [0.5, 0.6) is 0 Å². The zero-order chi connectivity index (χ0) is 18.7. The number of amides is 1. The van der Waals surface area contributed by atoms with E-state index in [2.05, 4.69) is 5.32 Å². The highest BCUT2D eigenvalue weighted by atomic mass is 19.4. The van der Waals surface area contributed by atoms with Gasteiger partial charge in [0.25, 0.3) is 0 Å². The Morgan fingerprint density at radius 3 is 2.38 bits per heavy atom. The molecule has 1 aromatic carbocycles. The van der Waals surface area contributed by atoms with Crippen molar-refractivity contribution >= 4 is 11.8 Å². The van der Waals surface area contributed by atoms with E-state index in [1.54, 1.807) is 20.8 Å². The van der Waals surface area contributed by atoms with Gasteiger partial charge in [0, 0.05) is 12.2 Å². The number of carbonyl (C=O) groups is 1. The molecule has 1 aromatic rings. The maximum atomic E-state index is 13.0. The minimum atomic E-state index is -4.75. The summed E-state index contributed by atoms with van der Waals surface area (Å²) in [6, 6.07) is 2.84. The number of carbonyl (C=O) groups excluding carboxylic acids is 1.